The Hall–Kier alpha value is -1.72. The van der Waals surface area contributed by atoms with E-state index in [9.17, 15) is 4.79 Å². The zero-order valence-corrected chi connectivity index (χ0v) is 15.6. The molecule has 1 atom stereocenters. The lowest BCUT2D eigenvalue weighted by Crippen LogP contribution is -2.35. The van der Waals surface area contributed by atoms with Gasteiger partial charge in [-0.25, -0.2) is 0 Å². The van der Waals surface area contributed by atoms with Crippen LogP contribution < -0.4 is 14.8 Å². The lowest BCUT2D eigenvalue weighted by Gasteiger charge is -2.12. The van der Waals surface area contributed by atoms with Crippen LogP contribution in [0.1, 0.15) is 5.56 Å². The van der Waals surface area contributed by atoms with Crippen molar-refractivity contribution < 1.29 is 14.3 Å². The standard InChI is InChI=1S/C18H19BrClNO3/c1-23-14-6-8-15(9-7-14)24-11-10-21-18(22)16(19)12-13-4-2-3-5-17(13)20/h2-9,16H,10-12H2,1H3,(H,21,22). The van der Waals surface area contributed by atoms with Crippen LogP contribution in [0.15, 0.2) is 48.5 Å². The number of benzene rings is 2. The molecule has 0 saturated heterocycles. The number of rotatable bonds is 8. The smallest absolute Gasteiger partial charge is 0.234 e. The van der Waals surface area contributed by atoms with Crippen molar-refractivity contribution in [2.45, 2.75) is 11.2 Å². The first-order chi connectivity index (χ1) is 11.6. The fraction of sp³-hybridized carbons (Fsp3) is 0.278. The van der Waals surface area contributed by atoms with E-state index >= 15 is 0 Å². The second kappa shape index (κ2) is 9.55. The van der Waals surface area contributed by atoms with Crippen LogP contribution in [0.5, 0.6) is 11.5 Å². The molecule has 0 aliphatic carbocycles. The van der Waals surface area contributed by atoms with Crippen LogP contribution in [0.2, 0.25) is 5.02 Å². The van der Waals surface area contributed by atoms with Crippen molar-refractivity contribution in [3.05, 3.63) is 59.1 Å². The molecule has 4 nitrogen and oxygen atoms in total. The van der Waals surface area contributed by atoms with Crippen LogP contribution in [0, 0.1) is 0 Å². The first kappa shape index (κ1) is 18.6. The Bertz CT molecular complexity index is 664. The normalized spacial score (nSPS) is 11.6. The number of carbonyl (C=O) groups excluding carboxylic acids is 1. The van der Waals surface area contributed by atoms with Gasteiger partial charge in [-0.3, -0.25) is 4.79 Å². The highest BCUT2D eigenvalue weighted by Gasteiger charge is 2.16. The molecule has 2 aromatic carbocycles. The fourth-order valence-corrected chi connectivity index (χ4v) is 2.80. The summed E-state index contributed by atoms with van der Waals surface area (Å²) in [5.41, 5.74) is 0.936. The summed E-state index contributed by atoms with van der Waals surface area (Å²) in [5, 5.41) is 3.50. The summed E-state index contributed by atoms with van der Waals surface area (Å²) in [6, 6.07) is 14.8. The van der Waals surface area contributed by atoms with E-state index in [-0.39, 0.29) is 10.7 Å². The van der Waals surface area contributed by atoms with Crippen LogP contribution in [-0.4, -0.2) is 31.0 Å². The van der Waals surface area contributed by atoms with Crippen molar-refractivity contribution in [1.82, 2.24) is 5.32 Å². The van der Waals surface area contributed by atoms with Crippen LogP contribution in [0.3, 0.4) is 0 Å². The molecule has 0 spiro atoms. The Balaban J connectivity index is 1.71. The van der Waals surface area contributed by atoms with Crippen LogP contribution in [0.4, 0.5) is 0 Å². The Morgan fingerprint density at radius 2 is 1.83 bits per heavy atom. The maximum absolute atomic E-state index is 12.1. The SMILES string of the molecule is COc1ccc(OCCNC(=O)C(Br)Cc2ccccc2Cl)cc1. The van der Waals surface area contributed by atoms with Crippen molar-refractivity contribution in [3.8, 4) is 11.5 Å². The van der Waals surface area contributed by atoms with E-state index in [4.69, 9.17) is 21.1 Å². The summed E-state index contributed by atoms with van der Waals surface area (Å²) >= 11 is 9.51. The number of hydrogen-bond acceptors (Lipinski definition) is 3. The minimum absolute atomic E-state index is 0.0896. The van der Waals surface area contributed by atoms with Gasteiger partial charge in [-0.1, -0.05) is 45.7 Å². The minimum atomic E-state index is -0.335. The van der Waals surface area contributed by atoms with Crippen molar-refractivity contribution in [2.75, 3.05) is 20.3 Å². The van der Waals surface area contributed by atoms with Crippen molar-refractivity contribution in [2.24, 2.45) is 0 Å². The number of nitrogens with one attached hydrogen (secondary N) is 1. The summed E-state index contributed by atoms with van der Waals surface area (Å²) < 4.78 is 10.6. The van der Waals surface area contributed by atoms with E-state index in [1.807, 2.05) is 48.5 Å². The van der Waals surface area contributed by atoms with E-state index in [1.54, 1.807) is 7.11 Å². The lowest BCUT2D eigenvalue weighted by atomic mass is 10.1. The molecule has 128 valence electrons. The predicted octanol–water partition coefficient (Wildman–Crippen LogP) is 3.85. The molecule has 0 bridgehead atoms. The average molecular weight is 413 g/mol. The molecule has 2 aromatic rings. The lowest BCUT2D eigenvalue weighted by molar-refractivity contribution is -0.120. The van der Waals surface area contributed by atoms with Gasteiger partial charge in [0.25, 0.3) is 0 Å². The van der Waals surface area contributed by atoms with E-state index < -0.39 is 0 Å². The van der Waals surface area contributed by atoms with Gasteiger partial charge in [0.1, 0.15) is 18.1 Å². The van der Waals surface area contributed by atoms with Gasteiger partial charge in [-0.05, 0) is 42.3 Å². The number of hydrogen-bond donors (Lipinski definition) is 1. The monoisotopic (exact) mass is 411 g/mol. The van der Waals surface area contributed by atoms with E-state index in [2.05, 4.69) is 21.2 Å². The third-order valence-electron chi connectivity index (χ3n) is 3.37. The van der Waals surface area contributed by atoms with Crippen LogP contribution in [-0.2, 0) is 11.2 Å². The summed E-state index contributed by atoms with van der Waals surface area (Å²) in [5.74, 6) is 1.42. The number of amides is 1. The minimum Gasteiger partial charge on any atom is -0.497 e. The summed E-state index contributed by atoms with van der Waals surface area (Å²) in [6.45, 7) is 0.819. The molecule has 0 aliphatic heterocycles. The fourth-order valence-electron chi connectivity index (χ4n) is 2.08. The van der Waals surface area contributed by atoms with Crippen molar-refractivity contribution in [3.63, 3.8) is 0 Å². The highest BCUT2D eigenvalue weighted by Crippen LogP contribution is 2.19. The second-order valence-electron chi connectivity index (χ2n) is 5.08. The Kier molecular flexibility index (Phi) is 7.40. The molecule has 0 aliphatic rings. The Morgan fingerprint density at radius 1 is 1.17 bits per heavy atom. The number of carbonyl (C=O) groups is 1. The summed E-state index contributed by atoms with van der Waals surface area (Å²) in [7, 11) is 1.62. The van der Waals surface area contributed by atoms with Gasteiger partial charge in [0.2, 0.25) is 5.91 Å². The van der Waals surface area contributed by atoms with E-state index in [1.165, 1.54) is 0 Å². The maximum atomic E-state index is 12.1. The second-order valence-corrected chi connectivity index (χ2v) is 6.59. The number of ether oxygens (including phenoxy) is 2. The molecule has 24 heavy (non-hydrogen) atoms. The van der Waals surface area contributed by atoms with Crippen LogP contribution in [0.25, 0.3) is 0 Å². The van der Waals surface area contributed by atoms with Gasteiger partial charge in [-0.15, -0.1) is 0 Å². The van der Waals surface area contributed by atoms with E-state index in [0.717, 1.165) is 17.1 Å². The molecular formula is C18H19BrClNO3. The van der Waals surface area contributed by atoms with E-state index in [0.29, 0.717) is 24.6 Å². The quantitative estimate of drug-likeness (QED) is 0.529. The molecule has 0 aromatic heterocycles. The Morgan fingerprint density at radius 3 is 2.50 bits per heavy atom. The predicted molar refractivity (Wildman–Crippen MR) is 99.4 cm³/mol. The maximum Gasteiger partial charge on any atom is 0.234 e. The third-order valence-corrected chi connectivity index (χ3v) is 4.48. The summed E-state index contributed by atoms with van der Waals surface area (Å²) in [4.78, 5) is 11.7. The topological polar surface area (TPSA) is 47.6 Å². The first-order valence-electron chi connectivity index (χ1n) is 7.52. The molecule has 0 heterocycles. The van der Waals surface area contributed by atoms with Crippen LogP contribution >= 0.6 is 27.5 Å². The van der Waals surface area contributed by atoms with Gasteiger partial charge < -0.3 is 14.8 Å². The largest absolute Gasteiger partial charge is 0.497 e. The van der Waals surface area contributed by atoms with Gasteiger partial charge in [0.15, 0.2) is 0 Å². The molecule has 0 saturated carbocycles. The molecule has 1 N–H and O–H groups in total. The highest BCUT2D eigenvalue weighted by molar-refractivity contribution is 9.10. The molecule has 6 heteroatoms. The first-order valence-corrected chi connectivity index (χ1v) is 8.81. The number of alkyl halides is 1. The molecule has 1 unspecified atom stereocenters. The van der Waals surface area contributed by atoms with Crippen molar-refractivity contribution in [1.29, 1.82) is 0 Å². The number of halogens is 2. The molecule has 0 radical (unpaired) electrons. The molecule has 1 amide bonds. The highest BCUT2D eigenvalue weighted by atomic mass is 79.9. The Labute approximate surface area is 155 Å². The van der Waals surface area contributed by atoms with Gasteiger partial charge in [0.05, 0.1) is 18.5 Å². The summed E-state index contributed by atoms with van der Waals surface area (Å²) in [6.07, 6.45) is 0.533. The number of methoxy groups -OCH3 is 1. The average Bonchev–Trinajstić information content (AvgIpc) is 2.61. The molecule has 2 rings (SSSR count). The van der Waals surface area contributed by atoms with Gasteiger partial charge in [0, 0.05) is 5.02 Å². The van der Waals surface area contributed by atoms with Gasteiger partial charge in [-0.2, -0.15) is 0 Å². The molecular weight excluding hydrogens is 394 g/mol. The molecule has 0 fully saturated rings. The van der Waals surface area contributed by atoms with Crippen molar-refractivity contribution >= 4 is 33.4 Å². The third kappa shape index (κ3) is 5.73. The zero-order chi connectivity index (χ0) is 17.4. The van der Waals surface area contributed by atoms with Gasteiger partial charge >= 0.3 is 0 Å². The zero-order valence-electron chi connectivity index (χ0n) is 13.3.